The molecule has 2 heterocycles. The van der Waals surface area contributed by atoms with Gasteiger partial charge < -0.3 is 14.5 Å². The van der Waals surface area contributed by atoms with Crippen LogP contribution in [0.5, 0.6) is 0 Å². The number of amides is 1. The maximum Gasteiger partial charge on any atom is 0.341 e. The van der Waals surface area contributed by atoms with Crippen LogP contribution < -0.4 is 5.32 Å². The van der Waals surface area contributed by atoms with E-state index in [1.165, 1.54) is 11.8 Å². The number of thioether (sulfide) groups is 1. The summed E-state index contributed by atoms with van der Waals surface area (Å²) in [5.74, 6) is 0.126. The number of rotatable bonds is 8. The summed E-state index contributed by atoms with van der Waals surface area (Å²) in [4.78, 5) is 28.9. The molecule has 25 heavy (non-hydrogen) atoms. The number of hydrogen-bond donors (Lipinski definition) is 1. The van der Waals surface area contributed by atoms with E-state index in [-0.39, 0.29) is 17.3 Å². The largest absolute Gasteiger partial charge is 0.467 e. The van der Waals surface area contributed by atoms with Gasteiger partial charge in [-0.2, -0.15) is 0 Å². The van der Waals surface area contributed by atoms with E-state index in [9.17, 15) is 9.59 Å². The Bertz CT molecular complexity index is 701. The molecule has 0 saturated carbocycles. The first-order valence-corrected chi connectivity index (χ1v) is 9.02. The van der Waals surface area contributed by atoms with E-state index in [1.54, 1.807) is 50.6 Å². The van der Waals surface area contributed by atoms with E-state index in [1.807, 2.05) is 6.92 Å². The van der Waals surface area contributed by atoms with Gasteiger partial charge in [-0.1, -0.05) is 18.7 Å². The van der Waals surface area contributed by atoms with E-state index in [0.717, 1.165) is 0 Å². The Morgan fingerprint density at radius 1 is 1.32 bits per heavy atom. The van der Waals surface area contributed by atoms with Gasteiger partial charge in [-0.3, -0.25) is 4.79 Å². The Morgan fingerprint density at radius 2 is 2.12 bits per heavy atom. The van der Waals surface area contributed by atoms with Gasteiger partial charge in [0.25, 0.3) is 0 Å². The number of carbonyl (C=O) groups is 2. The summed E-state index contributed by atoms with van der Waals surface area (Å²) in [5, 5.41) is 2.97. The topological polar surface area (TPSA) is 81.4 Å². The Morgan fingerprint density at radius 3 is 2.76 bits per heavy atom. The van der Waals surface area contributed by atoms with Crippen molar-refractivity contribution in [2.75, 3.05) is 0 Å². The van der Waals surface area contributed by atoms with Gasteiger partial charge >= 0.3 is 5.97 Å². The minimum absolute atomic E-state index is 0.127. The van der Waals surface area contributed by atoms with Crippen LogP contribution in [0, 0.1) is 0 Å². The average Bonchev–Trinajstić information content (AvgIpc) is 3.10. The minimum Gasteiger partial charge on any atom is -0.467 e. The van der Waals surface area contributed by atoms with Crippen molar-refractivity contribution in [2.24, 2.45) is 0 Å². The second-order valence-electron chi connectivity index (χ2n) is 5.62. The molecule has 0 radical (unpaired) electrons. The number of carbonyl (C=O) groups excluding carboxylic acids is 2. The molecule has 1 amide bonds. The maximum absolute atomic E-state index is 12.4. The van der Waals surface area contributed by atoms with Crippen molar-refractivity contribution < 1.29 is 18.7 Å². The zero-order valence-corrected chi connectivity index (χ0v) is 15.3. The zero-order chi connectivity index (χ0) is 18.2. The van der Waals surface area contributed by atoms with Gasteiger partial charge in [-0.05, 0) is 44.5 Å². The number of pyridine rings is 1. The van der Waals surface area contributed by atoms with Crippen LogP contribution in [0.15, 0.2) is 46.2 Å². The van der Waals surface area contributed by atoms with Crippen molar-refractivity contribution in [1.29, 1.82) is 0 Å². The van der Waals surface area contributed by atoms with E-state index < -0.39 is 5.97 Å². The summed E-state index contributed by atoms with van der Waals surface area (Å²) in [5.41, 5.74) is 0.374. The van der Waals surface area contributed by atoms with E-state index in [2.05, 4.69) is 10.3 Å². The predicted molar refractivity (Wildman–Crippen MR) is 95.3 cm³/mol. The summed E-state index contributed by atoms with van der Waals surface area (Å²) >= 11 is 1.26. The van der Waals surface area contributed by atoms with Crippen LogP contribution in [0.25, 0.3) is 0 Å². The van der Waals surface area contributed by atoms with Crippen LogP contribution in [0.1, 0.15) is 43.3 Å². The number of ether oxygens (including phenoxy) is 1. The third-order valence-corrected chi connectivity index (χ3v) is 4.65. The molecule has 6 nitrogen and oxygen atoms in total. The fraction of sp³-hybridized carbons (Fsp3) is 0.389. The van der Waals surface area contributed by atoms with Crippen molar-refractivity contribution >= 4 is 23.6 Å². The van der Waals surface area contributed by atoms with Crippen LogP contribution >= 0.6 is 11.8 Å². The molecule has 2 rings (SSSR count). The third-order valence-electron chi connectivity index (χ3n) is 3.27. The average molecular weight is 362 g/mol. The number of hydrogen-bond acceptors (Lipinski definition) is 6. The van der Waals surface area contributed by atoms with Crippen LogP contribution in [-0.2, 0) is 16.1 Å². The lowest BCUT2D eigenvalue weighted by atomic mass is 10.3. The van der Waals surface area contributed by atoms with E-state index in [0.29, 0.717) is 29.3 Å². The molecule has 0 fully saturated rings. The first-order chi connectivity index (χ1) is 12.0. The Labute approximate surface area is 151 Å². The van der Waals surface area contributed by atoms with Gasteiger partial charge in [-0.15, -0.1) is 0 Å². The van der Waals surface area contributed by atoms with Gasteiger partial charge in [-0.25, -0.2) is 9.78 Å². The van der Waals surface area contributed by atoms with Gasteiger partial charge in [0.2, 0.25) is 5.91 Å². The number of furan rings is 1. The summed E-state index contributed by atoms with van der Waals surface area (Å²) in [6.07, 6.45) is 3.55. The molecule has 2 aromatic rings. The lowest BCUT2D eigenvalue weighted by Gasteiger charge is -2.16. The van der Waals surface area contributed by atoms with Crippen molar-refractivity contribution in [3.63, 3.8) is 0 Å². The van der Waals surface area contributed by atoms with Gasteiger partial charge in [0.05, 0.1) is 29.7 Å². The Kier molecular flexibility index (Phi) is 7.06. The van der Waals surface area contributed by atoms with Crippen molar-refractivity contribution in [3.8, 4) is 0 Å². The van der Waals surface area contributed by atoms with Crippen LogP contribution in [-0.4, -0.2) is 28.2 Å². The zero-order valence-electron chi connectivity index (χ0n) is 14.5. The highest BCUT2D eigenvalue weighted by Gasteiger charge is 2.23. The second-order valence-corrected chi connectivity index (χ2v) is 6.81. The van der Waals surface area contributed by atoms with Crippen molar-refractivity contribution in [1.82, 2.24) is 10.3 Å². The molecule has 0 aliphatic heterocycles. The Hall–Kier alpha value is -2.28. The number of aromatic nitrogens is 1. The normalized spacial score (nSPS) is 12.0. The van der Waals surface area contributed by atoms with E-state index >= 15 is 0 Å². The maximum atomic E-state index is 12.4. The van der Waals surface area contributed by atoms with Gasteiger partial charge in [0.1, 0.15) is 10.8 Å². The lowest BCUT2D eigenvalue weighted by Crippen LogP contribution is -2.32. The second kappa shape index (κ2) is 9.27. The molecule has 0 aliphatic carbocycles. The monoisotopic (exact) mass is 362 g/mol. The van der Waals surface area contributed by atoms with Crippen molar-refractivity contribution in [2.45, 2.75) is 50.1 Å². The fourth-order valence-electron chi connectivity index (χ4n) is 2.08. The lowest BCUT2D eigenvalue weighted by molar-refractivity contribution is -0.120. The van der Waals surface area contributed by atoms with Gasteiger partial charge in [0.15, 0.2) is 0 Å². The number of nitrogens with one attached hydrogen (secondary N) is 1. The molecule has 0 saturated heterocycles. The molecule has 0 spiro atoms. The molecule has 1 N–H and O–H groups in total. The molecule has 0 aliphatic rings. The summed E-state index contributed by atoms with van der Waals surface area (Å²) in [6.45, 7) is 5.82. The van der Waals surface area contributed by atoms with Crippen LogP contribution in [0.3, 0.4) is 0 Å². The van der Waals surface area contributed by atoms with Crippen LogP contribution in [0.4, 0.5) is 0 Å². The SMILES string of the molecule is CCC(Sc1ncccc1C(=O)OC(C)C)C(=O)NCc1ccco1. The molecule has 1 unspecified atom stereocenters. The minimum atomic E-state index is -0.434. The molecule has 0 bridgehead atoms. The predicted octanol–water partition coefficient (Wildman–Crippen LogP) is 3.43. The number of nitrogens with zero attached hydrogens (tertiary/aromatic N) is 1. The first-order valence-electron chi connectivity index (χ1n) is 8.14. The highest BCUT2D eigenvalue weighted by molar-refractivity contribution is 8.00. The first kappa shape index (κ1) is 19.1. The molecule has 134 valence electrons. The number of esters is 1. The molecule has 2 aromatic heterocycles. The van der Waals surface area contributed by atoms with Gasteiger partial charge in [0, 0.05) is 6.20 Å². The third kappa shape index (κ3) is 5.63. The molecule has 1 atom stereocenters. The summed E-state index contributed by atoms with van der Waals surface area (Å²) < 4.78 is 10.5. The molecular weight excluding hydrogens is 340 g/mol. The summed E-state index contributed by atoms with van der Waals surface area (Å²) in [7, 11) is 0. The quantitative estimate of drug-likeness (QED) is 0.572. The highest BCUT2D eigenvalue weighted by atomic mass is 32.2. The molecule has 7 heteroatoms. The standard InChI is InChI=1S/C18H22N2O4S/c1-4-15(16(21)20-11-13-7-6-10-23-13)25-17-14(8-5-9-19-17)18(22)24-12(2)3/h5-10,12,15H,4,11H2,1-3H3,(H,20,21). The molecule has 0 aromatic carbocycles. The van der Waals surface area contributed by atoms with Crippen LogP contribution in [0.2, 0.25) is 0 Å². The molecular formula is C18H22N2O4S. The summed E-state index contributed by atoms with van der Waals surface area (Å²) in [6, 6.07) is 6.91. The fourth-order valence-corrected chi connectivity index (χ4v) is 3.10. The van der Waals surface area contributed by atoms with E-state index in [4.69, 9.17) is 9.15 Å². The highest BCUT2D eigenvalue weighted by Crippen LogP contribution is 2.27. The Balaban J connectivity index is 2.05. The van der Waals surface area contributed by atoms with Crippen molar-refractivity contribution in [3.05, 3.63) is 48.0 Å². The smallest absolute Gasteiger partial charge is 0.341 e.